The molecule has 2 nitrogen and oxygen atoms in total. The molecule has 10 heavy (non-hydrogen) atoms. The van der Waals surface area contributed by atoms with Crippen molar-refractivity contribution in [2.24, 2.45) is 0 Å². The van der Waals surface area contributed by atoms with Gasteiger partial charge in [-0.05, 0) is 12.1 Å². The Balaban J connectivity index is 2.97. The molecule has 54 valence electrons. The molecule has 1 rings (SSSR count). The molecular formula is C8H11NO. The maximum atomic E-state index is 11.2. The van der Waals surface area contributed by atoms with Crippen LogP contribution in [0.15, 0.2) is 30.3 Å². The summed E-state index contributed by atoms with van der Waals surface area (Å²) in [6.07, 6.45) is 0. The minimum atomic E-state index is -0.360. The van der Waals surface area contributed by atoms with Gasteiger partial charge in [0.25, 0.3) is 0 Å². The van der Waals surface area contributed by atoms with Crippen LogP contribution in [0.1, 0.15) is 0 Å². The van der Waals surface area contributed by atoms with Gasteiger partial charge in [0.1, 0.15) is 5.69 Å². The molecule has 0 aromatic heterocycles. The van der Waals surface area contributed by atoms with Crippen LogP contribution in [0.4, 0.5) is 5.69 Å². The Morgan fingerprint density at radius 3 is 1.90 bits per heavy atom. The summed E-state index contributed by atoms with van der Waals surface area (Å²) in [4.78, 5) is 0. The molecule has 0 bridgehead atoms. The minimum absolute atomic E-state index is 0.360. The molecule has 0 unspecified atom stereocenters. The molecule has 0 aliphatic rings. The van der Waals surface area contributed by atoms with Gasteiger partial charge in [-0.3, -0.25) is 0 Å². The van der Waals surface area contributed by atoms with Crippen molar-refractivity contribution < 1.29 is 0 Å². The number of hydroxylamine groups is 2. The Morgan fingerprint density at radius 2 is 1.60 bits per heavy atom. The maximum absolute atomic E-state index is 11.2. The van der Waals surface area contributed by atoms with Gasteiger partial charge in [0.05, 0.1) is 14.1 Å². The van der Waals surface area contributed by atoms with E-state index < -0.39 is 0 Å². The van der Waals surface area contributed by atoms with Gasteiger partial charge in [-0.25, -0.2) is 0 Å². The lowest BCUT2D eigenvalue weighted by Gasteiger charge is -2.32. The fourth-order valence-corrected chi connectivity index (χ4v) is 0.787. The van der Waals surface area contributed by atoms with Gasteiger partial charge in [-0.1, -0.05) is 18.2 Å². The SMILES string of the molecule is C[N+](C)([O-])c1ccccc1. The van der Waals surface area contributed by atoms with E-state index in [0.717, 1.165) is 5.69 Å². The van der Waals surface area contributed by atoms with E-state index in [4.69, 9.17) is 0 Å². The third-order valence-electron chi connectivity index (χ3n) is 1.38. The van der Waals surface area contributed by atoms with Crippen LogP contribution >= 0.6 is 0 Å². The molecule has 0 spiro atoms. The Bertz CT molecular complexity index is 200. The van der Waals surface area contributed by atoms with E-state index in [1.807, 2.05) is 30.3 Å². The lowest BCUT2D eigenvalue weighted by atomic mass is 10.3. The summed E-state index contributed by atoms with van der Waals surface area (Å²) in [5, 5.41) is 11.2. The first-order valence-electron chi connectivity index (χ1n) is 3.21. The van der Waals surface area contributed by atoms with Gasteiger partial charge in [0.2, 0.25) is 0 Å². The van der Waals surface area contributed by atoms with Gasteiger partial charge in [-0.2, -0.15) is 0 Å². The third-order valence-corrected chi connectivity index (χ3v) is 1.38. The predicted octanol–water partition coefficient (Wildman–Crippen LogP) is 1.75. The molecule has 0 saturated heterocycles. The largest absolute Gasteiger partial charge is 0.628 e. The first-order chi connectivity index (χ1) is 4.61. The molecule has 0 atom stereocenters. The van der Waals surface area contributed by atoms with Gasteiger partial charge >= 0.3 is 0 Å². The number of para-hydroxylation sites is 1. The monoisotopic (exact) mass is 137 g/mol. The summed E-state index contributed by atoms with van der Waals surface area (Å²) in [7, 11) is 3.21. The van der Waals surface area contributed by atoms with E-state index in [1.165, 1.54) is 0 Å². The smallest absolute Gasteiger partial charge is 0.132 e. The minimum Gasteiger partial charge on any atom is -0.628 e. The highest BCUT2D eigenvalue weighted by atomic mass is 16.5. The zero-order valence-electron chi connectivity index (χ0n) is 6.24. The van der Waals surface area contributed by atoms with Crippen LogP contribution in [-0.2, 0) is 0 Å². The number of nitrogens with zero attached hydrogens (tertiary/aromatic N) is 1. The van der Waals surface area contributed by atoms with Gasteiger partial charge < -0.3 is 9.85 Å². The van der Waals surface area contributed by atoms with Crippen molar-refractivity contribution in [3.05, 3.63) is 35.5 Å². The van der Waals surface area contributed by atoms with Crippen molar-refractivity contribution in [1.29, 1.82) is 0 Å². The van der Waals surface area contributed by atoms with Crippen molar-refractivity contribution >= 4 is 5.69 Å². The molecule has 0 aliphatic heterocycles. The normalized spacial score (nSPS) is 11.5. The Hall–Kier alpha value is -0.860. The quantitative estimate of drug-likeness (QED) is 0.427. The summed E-state index contributed by atoms with van der Waals surface area (Å²) < 4.78 is -0.360. The van der Waals surface area contributed by atoms with Crippen LogP contribution < -0.4 is 4.65 Å². The maximum Gasteiger partial charge on any atom is 0.132 e. The van der Waals surface area contributed by atoms with Crippen molar-refractivity contribution in [3.8, 4) is 0 Å². The van der Waals surface area contributed by atoms with E-state index in [2.05, 4.69) is 0 Å². The van der Waals surface area contributed by atoms with Crippen LogP contribution in [0.5, 0.6) is 0 Å². The van der Waals surface area contributed by atoms with Crippen LogP contribution in [-0.4, -0.2) is 14.1 Å². The number of hydrogen-bond acceptors (Lipinski definition) is 1. The molecule has 0 saturated carbocycles. The van der Waals surface area contributed by atoms with E-state index in [1.54, 1.807) is 14.1 Å². The number of benzene rings is 1. The Morgan fingerprint density at radius 1 is 1.10 bits per heavy atom. The molecule has 1 aromatic rings. The molecule has 0 N–H and O–H groups in total. The van der Waals surface area contributed by atoms with Crippen molar-refractivity contribution in [3.63, 3.8) is 0 Å². The standard InChI is InChI=1S/C8H11NO/c1-9(2,10)8-6-4-3-5-7-8/h3-7H,1-2H3. The summed E-state index contributed by atoms with van der Waals surface area (Å²) in [6.45, 7) is 0. The Kier molecular flexibility index (Phi) is 1.74. The highest BCUT2D eigenvalue weighted by Crippen LogP contribution is 2.15. The summed E-state index contributed by atoms with van der Waals surface area (Å²) in [6, 6.07) is 9.29. The van der Waals surface area contributed by atoms with Crippen molar-refractivity contribution in [2.45, 2.75) is 0 Å². The first kappa shape index (κ1) is 7.25. The lowest BCUT2D eigenvalue weighted by molar-refractivity contribution is 0.543. The topological polar surface area (TPSA) is 23.1 Å². The predicted molar refractivity (Wildman–Crippen MR) is 43.5 cm³/mol. The number of rotatable bonds is 1. The fraction of sp³-hybridized carbons (Fsp3) is 0.250. The molecule has 0 fully saturated rings. The number of quaternary nitrogens is 1. The zero-order chi connectivity index (χ0) is 7.61. The molecular weight excluding hydrogens is 126 g/mol. The molecule has 1 aromatic carbocycles. The second-order valence-corrected chi connectivity index (χ2v) is 2.69. The van der Waals surface area contributed by atoms with E-state index in [-0.39, 0.29) is 4.65 Å². The van der Waals surface area contributed by atoms with Crippen LogP contribution in [0, 0.1) is 5.21 Å². The van der Waals surface area contributed by atoms with Crippen molar-refractivity contribution in [2.75, 3.05) is 14.1 Å². The lowest BCUT2D eigenvalue weighted by Crippen LogP contribution is -2.32. The highest BCUT2D eigenvalue weighted by molar-refractivity contribution is 5.41. The Labute approximate surface area is 60.9 Å². The summed E-state index contributed by atoms with van der Waals surface area (Å²) in [5.74, 6) is 0. The van der Waals surface area contributed by atoms with Crippen molar-refractivity contribution in [1.82, 2.24) is 4.65 Å². The summed E-state index contributed by atoms with van der Waals surface area (Å²) >= 11 is 0. The van der Waals surface area contributed by atoms with Gasteiger partial charge in [-0.15, -0.1) is 0 Å². The van der Waals surface area contributed by atoms with Crippen LogP contribution in [0.25, 0.3) is 0 Å². The molecule has 2 heteroatoms. The average Bonchev–Trinajstić information content (AvgIpc) is 1.88. The molecule has 0 heterocycles. The molecule has 0 aliphatic carbocycles. The van der Waals surface area contributed by atoms with Crippen LogP contribution in [0.2, 0.25) is 0 Å². The summed E-state index contributed by atoms with van der Waals surface area (Å²) in [5.41, 5.74) is 0.780. The molecule has 0 radical (unpaired) electrons. The van der Waals surface area contributed by atoms with E-state index in [0.29, 0.717) is 0 Å². The number of hydrogen-bond donors (Lipinski definition) is 0. The first-order valence-corrected chi connectivity index (χ1v) is 3.21. The van der Waals surface area contributed by atoms with E-state index >= 15 is 0 Å². The second kappa shape index (κ2) is 2.40. The van der Waals surface area contributed by atoms with Gasteiger partial charge in [0, 0.05) is 0 Å². The van der Waals surface area contributed by atoms with E-state index in [9.17, 15) is 5.21 Å². The second-order valence-electron chi connectivity index (χ2n) is 2.69. The van der Waals surface area contributed by atoms with Gasteiger partial charge in [0.15, 0.2) is 0 Å². The molecule has 0 amide bonds. The zero-order valence-corrected chi connectivity index (χ0v) is 6.24. The third kappa shape index (κ3) is 1.56. The van der Waals surface area contributed by atoms with Crippen LogP contribution in [0.3, 0.4) is 0 Å². The average molecular weight is 137 g/mol. The fourth-order valence-electron chi connectivity index (χ4n) is 0.787. The highest BCUT2D eigenvalue weighted by Gasteiger charge is 2.03.